The van der Waals surface area contributed by atoms with Gasteiger partial charge in [0.2, 0.25) is 0 Å². The fraction of sp³-hybridized carbons (Fsp3) is 0.913. The van der Waals surface area contributed by atoms with Crippen molar-refractivity contribution < 1.29 is 19.4 Å². The van der Waals surface area contributed by atoms with Gasteiger partial charge >= 0.3 is 5.97 Å². The summed E-state index contributed by atoms with van der Waals surface area (Å²) in [5.74, 6) is 2.00. The molecule has 0 heterocycles. The van der Waals surface area contributed by atoms with E-state index < -0.39 is 5.60 Å². The number of carbonyl (C=O) groups is 2. The van der Waals surface area contributed by atoms with Crippen LogP contribution in [0.4, 0.5) is 0 Å². The highest BCUT2D eigenvalue weighted by molar-refractivity contribution is 9.09. The van der Waals surface area contributed by atoms with Crippen molar-refractivity contribution in [3.8, 4) is 0 Å². The SMILES string of the molecule is CC(=O)O[C@@H]1CC[C@]2(C)[C@H](CC[C@H]3[C@H]4C[C@@H](Br)[C@](O)(C(C)=O)[C@@]4(C)CC[C@@H]32)C1. The van der Waals surface area contributed by atoms with Crippen LogP contribution in [0.1, 0.15) is 79.1 Å². The molecule has 4 saturated carbocycles. The van der Waals surface area contributed by atoms with Gasteiger partial charge in [0.1, 0.15) is 11.7 Å². The first-order valence-electron chi connectivity index (χ1n) is 11.1. The van der Waals surface area contributed by atoms with Gasteiger partial charge in [-0.25, -0.2) is 0 Å². The normalized spacial score (nSPS) is 52.9. The van der Waals surface area contributed by atoms with Crippen LogP contribution in [-0.2, 0) is 14.3 Å². The van der Waals surface area contributed by atoms with Gasteiger partial charge in [-0.1, -0.05) is 29.8 Å². The predicted molar refractivity (Wildman–Crippen MR) is 111 cm³/mol. The molecule has 0 radical (unpaired) electrons. The van der Waals surface area contributed by atoms with E-state index in [-0.39, 0.29) is 28.1 Å². The van der Waals surface area contributed by atoms with E-state index in [1.807, 2.05) is 0 Å². The van der Waals surface area contributed by atoms with E-state index in [9.17, 15) is 14.7 Å². The number of halogens is 1. The Hall–Kier alpha value is -0.420. The van der Waals surface area contributed by atoms with Gasteiger partial charge in [0, 0.05) is 12.3 Å². The van der Waals surface area contributed by atoms with Crippen molar-refractivity contribution in [2.24, 2.45) is 34.5 Å². The zero-order chi connectivity index (χ0) is 20.5. The molecule has 0 bridgehead atoms. The van der Waals surface area contributed by atoms with E-state index in [0.29, 0.717) is 29.1 Å². The molecule has 0 aromatic carbocycles. The molecule has 4 rings (SSSR count). The predicted octanol–water partition coefficient (Wildman–Crippen LogP) is 4.65. The lowest BCUT2D eigenvalue weighted by Crippen LogP contribution is -2.60. The Balaban J connectivity index is 1.59. The molecule has 5 heteroatoms. The molecule has 1 N–H and O–H groups in total. The van der Waals surface area contributed by atoms with Crippen molar-refractivity contribution >= 4 is 27.7 Å². The molecular weight excluding hydrogens is 420 g/mol. The minimum absolute atomic E-state index is 0.0837. The van der Waals surface area contributed by atoms with Crippen LogP contribution >= 0.6 is 15.9 Å². The number of carbonyl (C=O) groups excluding carboxylic acids is 2. The van der Waals surface area contributed by atoms with Crippen molar-refractivity contribution in [1.29, 1.82) is 0 Å². The molecule has 28 heavy (non-hydrogen) atoms. The number of ether oxygens (including phenoxy) is 1. The Labute approximate surface area is 177 Å². The third-order valence-corrected chi connectivity index (χ3v) is 10.7. The van der Waals surface area contributed by atoms with Gasteiger partial charge in [0.05, 0.1) is 4.83 Å². The van der Waals surface area contributed by atoms with Crippen molar-refractivity contribution in [3.05, 3.63) is 0 Å². The average molecular weight is 455 g/mol. The molecule has 0 unspecified atom stereocenters. The van der Waals surface area contributed by atoms with Gasteiger partial charge < -0.3 is 9.84 Å². The first kappa shape index (κ1) is 20.8. The maximum absolute atomic E-state index is 12.5. The highest BCUT2D eigenvalue weighted by Gasteiger charge is 2.69. The van der Waals surface area contributed by atoms with Crippen LogP contribution in [0, 0.1) is 34.5 Å². The maximum atomic E-state index is 12.5. The second-order valence-corrected chi connectivity index (χ2v) is 11.8. The lowest BCUT2D eigenvalue weighted by atomic mass is 9.44. The summed E-state index contributed by atoms with van der Waals surface area (Å²) in [6.07, 6.45) is 8.43. The summed E-state index contributed by atoms with van der Waals surface area (Å²) in [6.45, 7) is 7.71. The molecule has 9 atom stereocenters. The van der Waals surface area contributed by atoms with Gasteiger partial charge in [-0.05, 0) is 87.4 Å². The summed E-state index contributed by atoms with van der Waals surface area (Å²) in [6, 6.07) is 0. The van der Waals surface area contributed by atoms with Gasteiger partial charge in [0.15, 0.2) is 5.78 Å². The van der Waals surface area contributed by atoms with Crippen molar-refractivity contribution in [1.82, 2.24) is 0 Å². The van der Waals surface area contributed by atoms with E-state index in [1.54, 1.807) is 6.92 Å². The number of fused-ring (bicyclic) bond motifs is 5. The zero-order valence-corrected chi connectivity index (χ0v) is 19.3. The minimum atomic E-state index is -1.24. The minimum Gasteiger partial charge on any atom is -0.463 e. The largest absolute Gasteiger partial charge is 0.463 e. The molecular formula is C23H35BrO4. The second-order valence-electron chi connectivity index (χ2n) is 10.6. The van der Waals surface area contributed by atoms with Gasteiger partial charge in [-0.15, -0.1) is 0 Å². The van der Waals surface area contributed by atoms with Crippen LogP contribution in [-0.4, -0.2) is 33.4 Å². The Morgan fingerprint density at radius 3 is 2.36 bits per heavy atom. The molecule has 4 aliphatic rings. The number of hydrogen-bond donors (Lipinski definition) is 1. The third kappa shape index (κ3) is 2.71. The Bertz CT molecular complexity index is 680. The quantitative estimate of drug-likeness (QED) is 0.486. The van der Waals surface area contributed by atoms with Crippen molar-refractivity contribution in [2.45, 2.75) is 95.6 Å². The van der Waals surface area contributed by atoms with Crippen LogP contribution < -0.4 is 0 Å². The fourth-order valence-electron chi connectivity index (χ4n) is 8.16. The van der Waals surface area contributed by atoms with E-state index in [2.05, 4.69) is 29.8 Å². The van der Waals surface area contributed by atoms with Crippen LogP contribution in [0.2, 0.25) is 0 Å². The van der Waals surface area contributed by atoms with Gasteiger partial charge in [-0.3, -0.25) is 9.59 Å². The number of esters is 1. The number of ketones is 1. The first-order chi connectivity index (χ1) is 13.0. The molecule has 0 saturated heterocycles. The van der Waals surface area contributed by atoms with Gasteiger partial charge in [-0.2, -0.15) is 0 Å². The monoisotopic (exact) mass is 454 g/mol. The smallest absolute Gasteiger partial charge is 0.302 e. The zero-order valence-electron chi connectivity index (χ0n) is 17.7. The van der Waals surface area contributed by atoms with E-state index >= 15 is 0 Å². The molecule has 0 aromatic rings. The second kappa shape index (κ2) is 6.80. The number of aliphatic hydroxyl groups is 1. The molecule has 0 aromatic heterocycles. The Morgan fingerprint density at radius 1 is 1.00 bits per heavy atom. The maximum Gasteiger partial charge on any atom is 0.302 e. The van der Waals surface area contributed by atoms with Crippen molar-refractivity contribution in [3.63, 3.8) is 0 Å². The average Bonchev–Trinajstić information content (AvgIpc) is 2.83. The molecule has 0 spiro atoms. The highest BCUT2D eigenvalue weighted by atomic mass is 79.9. The lowest BCUT2D eigenvalue weighted by molar-refractivity contribution is -0.174. The number of alkyl halides is 1. The van der Waals surface area contributed by atoms with E-state index in [4.69, 9.17) is 4.74 Å². The fourth-order valence-corrected chi connectivity index (χ4v) is 9.41. The number of rotatable bonds is 2. The van der Waals surface area contributed by atoms with Crippen LogP contribution in [0.25, 0.3) is 0 Å². The summed E-state index contributed by atoms with van der Waals surface area (Å²) in [4.78, 5) is 23.8. The molecule has 4 aliphatic carbocycles. The van der Waals surface area contributed by atoms with Crippen LogP contribution in [0.5, 0.6) is 0 Å². The van der Waals surface area contributed by atoms with Crippen LogP contribution in [0.15, 0.2) is 0 Å². The Morgan fingerprint density at radius 2 is 1.71 bits per heavy atom. The topological polar surface area (TPSA) is 63.6 Å². The summed E-state index contributed by atoms with van der Waals surface area (Å²) in [5, 5.41) is 11.5. The summed E-state index contributed by atoms with van der Waals surface area (Å²) in [7, 11) is 0. The Kier molecular flexibility index (Phi) is 5.06. The molecule has 4 nitrogen and oxygen atoms in total. The summed E-state index contributed by atoms with van der Waals surface area (Å²) < 4.78 is 5.56. The molecule has 4 fully saturated rings. The first-order valence-corrected chi connectivity index (χ1v) is 12.0. The summed E-state index contributed by atoms with van der Waals surface area (Å²) in [5.41, 5.74) is -1.28. The lowest BCUT2D eigenvalue weighted by Gasteiger charge is -2.61. The molecule has 158 valence electrons. The molecule has 0 amide bonds. The highest BCUT2D eigenvalue weighted by Crippen LogP contribution is 2.69. The van der Waals surface area contributed by atoms with E-state index in [0.717, 1.165) is 38.5 Å². The van der Waals surface area contributed by atoms with Gasteiger partial charge in [0.25, 0.3) is 0 Å². The number of hydrogen-bond acceptors (Lipinski definition) is 4. The van der Waals surface area contributed by atoms with Crippen molar-refractivity contribution in [2.75, 3.05) is 0 Å². The van der Waals surface area contributed by atoms with E-state index in [1.165, 1.54) is 19.8 Å². The molecule has 0 aliphatic heterocycles. The standard InChI is InChI=1S/C23H35BrO4/c1-13(25)23(27)20(24)12-19-17-6-5-15-11-16(28-14(2)26)7-9-21(15,3)18(17)8-10-22(19,23)4/h15-20,27H,5-12H2,1-4H3/t15-,16-,17-,18+,19-,20-,21-,22+,23-/m1/s1. The summed E-state index contributed by atoms with van der Waals surface area (Å²) >= 11 is 3.70. The van der Waals surface area contributed by atoms with Crippen LogP contribution in [0.3, 0.4) is 0 Å². The third-order valence-electron chi connectivity index (χ3n) is 9.66. The number of Topliss-reactive ketones (excluding diaryl/α,β-unsaturated/α-hetero) is 1.